The summed E-state index contributed by atoms with van der Waals surface area (Å²) in [5.74, 6) is 1.21. The van der Waals surface area contributed by atoms with Gasteiger partial charge >= 0.3 is 0 Å². The van der Waals surface area contributed by atoms with E-state index in [1.807, 2.05) is 48.5 Å². The first-order valence-corrected chi connectivity index (χ1v) is 7.82. The average molecular weight is 311 g/mol. The van der Waals surface area contributed by atoms with E-state index in [1.165, 1.54) is 0 Å². The number of aliphatic hydroxyl groups excluding tert-OH is 1. The highest BCUT2D eigenvalue weighted by molar-refractivity contribution is 5.82. The second-order valence-corrected chi connectivity index (χ2v) is 5.87. The molecule has 0 spiro atoms. The van der Waals surface area contributed by atoms with Gasteiger partial charge in [-0.25, -0.2) is 0 Å². The molecule has 23 heavy (non-hydrogen) atoms. The highest BCUT2D eigenvalue weighted by atomic mass is 16.5. The van der Waals surface area contributed by atoms with E-state index < -0.39 is 0 Å². The van der Waals surface area contributed by atoms with Crippen LogP contribution >= 0.6 is 0 Å². The zero-order valence-electron chi connectivity index (χ0n) is 13.2. The second-order valence-electron chi connectivity index (χ2n) is 5.87. The molecule has 0 bridgehead atoms. The van der Waals surface area contributed by atoms with Crippen LogP contribution in [0.5, 0.6) is 5.75 Å². The highest BCUT2D eigenvalue weighted by Gasteiger charge is 2.43. The van der Waals surface area contributed by atoms with Gasteiger partial charge in [-0.15, -0.1) is 0 Å². The quantitative estimate of drug-likeness (QED) is 0.862. The molecular formula is C19H21NO3. The number of ether oxygens (including phenoxy) is 1. The van der Waals surface area contributed by atoms with Crippen molar-refractivity contribution in [3.63, 3.8) is 0 Å². The molecule has 1 amide bonds. The van der Waals surface area contributed by atoms with E-state index in [1.54, 1.807) is 7.11 Å². The van der Waals surface area contributed by atoms with Crippen molar-refractivity contribution in [1.29, 1.82) is 0 Å². The third-order valence-electron chi connectivity index (χ3n) is 4.39. The third-order valence-corrected chi connectivity index (χ3v) is 4.39. The summed E-state index contributed by atoms with van der Waals surface area (Å²) in [6.07, 6.45) is 0.876. The summed E-state index contributed by atoms with van der Waals surface area (Å²) >= 11 is 0. The van der Waals surface area contributed by atoms with E-state index >= 15 is 0 Å². The number of rotatable bonds is 6. The fraction of sp³-hybridized carbons (Fsp3) is 0.316. The lowest BCUT2D eigenvalue weighted by atomic mass is 10.1. The van der Waals surface area contributed by atoms with Gasteiger partial charge in [-0.2, -0.15) is 0 Å². The average Bonchev–Trinajstić information content (AvgIpc) is 3.41. The minimum Gasteiger partial charge on any atom is -0.497 e. The maximum Gasteiger partial charge on any atom is 0.224 e. The Labute approximate surface area is 136 Å². The lowest BCUT2D eigenvalue weighted by molar-refractivity contribution is -0.122. The number of amides is 1. The Balaban J connectivity index is 1.58. The first kappa shape index (κ1) is 15.6. The Kier molecular flexibility index (Phi) is 4.63. The van der Waals surface area contributed by atoms with Crippen LogP contribution in [0, 0.1) is 5.92 Å². The molecular weight excluding hydrogens is 290 g/mol. The van der Waals surface area contributed by atoms with Gasteiger partial charge in [0.1, 0.15) is 5.75 Å². The molecule has 0 radical (unpaired) electrons. The molecule has 120 valence electrons. The number of nitrogens with one attached hydrogen (secondary N) is 1. The first-order valence-electron chi connectivity index (χ1n) is 7.82. The van der Waals surface area contributed by atoms with E-state index in [4.69, 9.17) is 4.74 Å². The maximum atomic E-state index is 12.3. The lowest BCUT2D eigenvalue weighted by Gasteiger charge is -2.09. The van der Waals surface area contributed by atoms with Crippen molar-refractivity contribution in [1.82, 2.24) is 5.32 Å². The summed E-state index contributed by atoms with van der Waals surface area (Å²) < 4.78 is 5.24. The predicted molar refractivity (Wildman–Crippen MR) is 88.1 cm³/mol. The predicted octanol–water partition coefficient (Wildman–Crippen LogP) is 2.61. The van der Waals surface area contributed by atoms with Crippen LogP contribution in [0.4, 0.5) is 0 Å². The third kappa shape index (κ3) is 3.54. The Bertz CT molecular complexity index is 699. The molecule has 2 aromatic rings. The van der Waals surface area contributed by atoms with E-state index in [9.17, 15) is 9.90 Å². The van der Waals surface area contributed by atoms with Crippen LogP contribution in [-0.4, -0.2) is 18.1 Å². The monoisotopic (exact) mass is 311 g/mol. The van der Waals surface area contributed by atoms with Crippen molar-refractivity contribution in [3.8, 4) is 5.75 Å². The summed E-state index contributed by atoms with van der Waals surface area (Å²) in [6, 6.07) is 15.5. The van der Waals surface area contributed by atoms with Gasteiger partial charge in [0.25, 0.3) is 0 Å². The number of benzene rings is 2. The number of aliphatic hydroxyl groups is 1. The molecule has 4 nitrogen and oxygen atoms in total. The van der Waals surface area contributed by atoms with Crippen molar-refractivity contribution in [2.24, 2.45) is 5.92 Å². The van der Waals surface area contributed by atoms with Gasteiger partial charge in [0, 0.05) is 12.5 Å². The SMILES string of the molecule is COc1cccc(C2CC2C(=O)NCc2ccccc2CO)c1. The number of carbonyl (C=O) groups is 1. The Morgan fingerprint density at radius 1 is 1.22 bits per heavy atom. The summed E-state index contributed by atoms with van der Waals surface area (Å²) in [5.41, 5.74) is 2.97. The Hall–Kier alpha value is -2.33. The normalized spacial score (nSPS) is 19.2. The van der Waals surface area contributed by atoms with Gasteiger partial charge < -0.3 is 15.2 Å². The summed E-state index contributed by atoms with van der Waals surface area (Å²) in [7, 11) is 1.65. The largest absolute Gasteiger partial charge is 0.497 e. The van der Waals surface area contributed by atoms with Crippen molar-refractivity contribution >= 4 is 5.91 Å². The molecule has 0 heterocycles. The maximum absolute atomic E-state index is 12.3. The van der Waals surface area contributed by atoms with Crippen molar-refractivity contribution in [3.05, 3.63) is 65.2 Å². The molecule has 2 atom stereocenters. The van der Waals surface area contributed by atoms with Gasteiger partial charge in [0.15, 0.2) is 0 Å². The topological polar surface area (TPSA) is 58.6 Å². The molecule has 0 aromatic heterocycles. The lowest BCUT2D eigenvalue weighted by Crippen LogP contribution is -2.25. The Morgan fingerprint density at radius 2 is 2.00 bits per heavy atom. The van der Waals surface area contributed by atoms with E-state index in [2.05, 4.69) is 5.32 Å². The highest BCUT2D eigenvalue weighted by Crippen LogP contribution is 2.48. The number of methoxy groups -OCH3 is 1. The van der Waals surface area contributed by atoms with E-state index in [0.717, 1.165) is 28.9 Å². The summed E-state index contributed by atoms with van der Waals surface area (Å²) in [5, 5.41) is 12.3. The van der Waals surface area contributed by atoms with Crippen LogP contribution in [0.2, 0.25) is 0 Å². The van der Waals surface area contributed by atoms with Crippen molar-refractivity contribution in [2.75, 3.05) is 7.11 Å². The molecule has 1 aliphatic rings. The summed E-state index contributed by atoms with van der Waals surface area (Å²) in [4.78, 5) is 12.3. The van der Waals surface area contributed by atoms with Gasteiger partial charge in [0.2, 0.25) is 5.91 Å². The van der Waals surface area contributed by atoms with Gasteiger partial charge in [0.05, 0.1) is 13.7 Å². The van der Waals surface area contributed by atoms with E-state index in [-0.39, 0.29) is 24.3 Å². The van der Waals surface area contributed by atoms with Crippen LogP contribution in [0.3, 0.4) is 0 Å². The molecule has 0 saturated heterocycles. The van der Waals surface area contributed by atoms with Gasteiger partial charge in [-0.1, -0.05) is 36.4 Å². The number of hydrogen-bond donors (Lipinski definition) is 2. The van der Waals surface area contributed by atoms with E-state index in [0.29, 0.717) is 6.54 Å². The van der Waals surface area contributed by atoms with Crippen LogP contribution in [0.15, 0.2) is 48.5 Å². The molecule has 0 aliphatic heterocycles. The first-order chi connectivity index (χ1) is 11.2. The smallest absolute Gasteiger partial charge is 0.224 e. The Morgan fingerprint density at radius 3 is 2.74 bits per heavy atom. The van der Waals surface area contributed by atoms with Crippen molar-refractivity contribution < 1.29 is 14.6 Å². The second kappa shape index (κ2) is 6.84. The van der Waals surface area contributed by atoms with Crippen LogP contribution in [0.1, 0.15) is 29.0 Å². The van der Waals surface area contributed by atoms with Crippen molar-refractivity contribution in [2.45, 2.75) is 25.5 Å². The minimum atomic E-state index is -0.0120. The van der Waals surface area contributed by atoms with Crippen LogP contribution in [-0.2, 0) is 17.9 Å². The fourth-order valence-corrected chi connectivity index (χ4v) is 2.92. The van der Waals surface area contributed by atoms with Crippen LogP contribution in [0.25, 0.3) is 0 Å². The molecule has 1 aliphatic carbocycles. The number of hydrogen-bond acceptors (Lipinski definition) is 3. The fourth-order valence-electron chi connectivity index (χ4n) is 2.92. The molecule has 4 heteroatoms. The minimum absolute atomic E-state index is 0.0120. The molecule has 3 rings (SSSR count). The molecule has 2 unspecified atom stereocenters. The van der Waals surface area contributed by atoms with Gasteiger partial charge in [-0.3, -0.25) is 4.79 Å². The summed E-state index contributed by atoms with van der Waals surface area (Å²) in [6.45, 7) is 0.443. The van der Waals surface area contributed by atoms with Crippen LogP contribution < -0.4 is 10.1 Å². The molecule has 1 saturated carbocycles. The van der Waals surface area contributed by atoms with Gasteiger partial charge in [-0.05, 0) is 41.2 Å². The standard InChI is InChI=1S/C19H21NO3/c1-23-16-8-4-7-13(9-16)17-10-18(17)19(22)20-11-14-5-2-3-6-15(14)12-21/h2-9,17-18,21H,10-12H2,1H3,(H,20,22). The number of carbonyl (C=O) groups excluding carboxylic acids is 1. The zero-order chi connectivity index (χ0) is 16.2. The molecule has 1 fully saturated rings. The molecule has 2 N–H and O–H groups in total. The molecule has 2 aromatic carbocycles. The zero-order valence-corrected chi connectivity index (χ0v) is 13.2.